The van der Waals surface area contributed by atoms with E-state index in [1.165, 1.54) is 32.1 Å². The Morgan fingerprint density at radius 3 is 2.81 bits per heavy atom. The third-order valence-corrected chi connectivity index (χ3v) is 5.63. The maximum absolute atomic E-state index is 6.01. The largest absolute Gasteiger partial charge is 0.474 e. The summed E-state index contributed by atoms with van der Waals surface area (Å²) in [6.07, 6.45) is 10.5. The maximum atomic E-state index is 6.01. The van der Waals surface area contributed by atoms with E-state index in [-0.39, 0.29) is 0 Å². The van der Waals surface area contributed by atoms with Crippen molar-refractivity contribution in [3.63, 3.8) is 0 Å². The second-order valence-electron chi connectivity index (χ2n) is 7.69. The molecule has 1 saturated heterocycles. The molecule has 1 N–H and O–H groups in total. The lowest BCUT2D eigenvalue weighted by molar-refractivity contribution is 0.0625. The fourth-order valence-electron chi connectivity index (χ4n) is 3.88. The molecule has 0 radical (unpaired) electrons. The van der Waals surface area contributed by atoms with Crippen LogP contribution in [0.15, 0.2) is 23.3 Å². The number of hydrogen-bond donors (Lipinski definition) is 1. The van der Waals surface area contributed by atoms with Crippen molar-refractivity contribution < 1.29 is 9.47 Å². The van der Waals surface area contributed by atoms with Gasteiger partial charge in [0, 0.05) is 52.7 Å². The normalized spacial score (nSPS) is 19.3. The van der Waals surface area contributed by atoms with Crippen molar-refractivity contribution in [3.05, 3.63) is 23.9 Å². The van der Waals surface area contributed by atoms with Crippen molar-refractivity contribution in [1.82, 2.24) is 15.2 Å². The van der Waals surface area contributed by atoms with Gasteiger partial charge in [0.25, 0.3) is 0 Å². The molecule has 1 aliphatic heterocycles. The quantitative estimate of drug-likeness (QED) is 0.587. The topological polar surface area (TPSA) is 59.0 Å². The zero-order valence-corrected chi connectivity index (χ0v) is 16.8. The molecule has 1 aromatic heterocycles. The van der Waals surface area contributed by atoms with Crippen LogP contribution in [-0.2, 0) is 11.3 Å². The van der Waals surface area contributed by atoms with Gasteiger partial charge >= 0.3 is 0 Å². The van der Waals surface area contributed by atoms with Gasteiger partial charge in [-0.1, -0.05) is 0 Å². The van der Waals surface area contributed by atoms with Crippen LogP contribution < -0.4 is 10.1 Å². The van der Waals surface area contributed by atoms with Crippen molar-refractivity contribution in [2.45, 2.75) is 57.6 Å². The summed E-state index contributed by atoms with van der Waals surface area (Å²) in [5, 5.41) is 3.46. The summed E-state index contributed by atoms with van der Waals surface area (Å²) in [4.78, 5) is 11.0. The molecule has 27 heavy (non-hydrogen) atoms. The van der Waals surface area contributed by atoms with E-state index < -0.39 is 0 Å². The van der Waals surface area contributed by atoms with E-state index in [4.69, 9.17) is 9.47 Å². The number of nitrogens with one attached hydrogen (secondary N) is 1. The molecular formula is C21H34N4O2. The second-order valence-corrected chi connectivity index (χ2v) is 7.69. The van der Waals surface area contributed by atoms with Gasteiger partial charge in [-0.3, -0.25) is 4.99 Å². The molecule has 0 atom stereocenters. The monoisotopic (exact) mass is 374 g/mol. The second kappa shape index (κ2) is 10.5. The van der Waals surface area contributed by atoms with E-state index >= 15 is 0 Å². The minimum Gasteiger partial charge on any atom is -0.474 e. The Balaban J connectivity index is 1.45. The molecule has 0 amide bonds. The summed E-state index contributed by atoms with van der Waals surface area (Å²) in [6.45, 7) is 3.55. The van der Waals surface area contributed by atoms with Crippen molar-refractivity contribution in [2.75, 3.05) is 33.9 Å². The smallest absolute Gasteiger partial charge is 0.213 e. The lowest BCUT2D eigenvalue weighted by Crippen LogP contribution is -2.39. The van der Waals surface area contributed by atoms with Crippen LogP contribution in [0.3, 0.4) is 0 Å². The van der Waals surface area contributed by atoms with Crippen molar-refractivity contribution in [1.29, 1.82) is 0 Å². The number of aliphatic imine (C=N–C) groups is 1. The molecule has 1 aromatic rings. The van der Waals surface area contributed by atoms with Crippen LogP contribution in [0.1, 0.15) is 50.5 Å². The number of rotatable bonds is 7. The summed E-state index contributed by atoms with van der Waals surface area (Å²) < 4.78 is 11.5. The van der Waals surface area contributed by atoms with Crippen LogP contribution >= 0.6 is 0 Å². The Kier molecular flexibility index (Phi) is 7.75. The number of aromatic nitrogens is 1. The molecule has 0 bridgehead atoms. The minimum absolute atomic E-state index is 0.338. The van der Waals surface area contributed by atoms with E-state index in [9.17, 15) is 0 Å². The Morgan fingerprint density at radius 1 is 1.30 bits per heavy atom. The van der Waals surface area contributed by atoms with Crippen LogP contribution in [0.5, 0.6) is 5.88 Å². The predicted molar refractivity (Wildman–Crippen MR) is 108 cm³/mol. The highest BCUT2D eigenvalue weighted by molar-refractivity contribution is 5.79. The number of guanidine groups is 1. The molecule has 2 aliphatic rings. The molecule has 2 fully saturated rings. The average molecular weight is 375 g/mol. The van der Waals surface area contributed by atoms with Gasteiger partial charge in [0.15, 0.2) is 5.96 Å². The summed E-state index contributed by atoms with van der Waals surface area (Å²) in [7, 11) is 3.95. The van der Waals surface area contributed by atoms with E-state index in [2.05, 4.69) is 27.2 Å². The molecule has 1 aliphatic carbocycles. The fourth-order valence-corrected chi connectivity index (χ4v) is 3.88. The summed E-state index contributed by atoms with van der Waals surface area (Å²) in [5.74, 6) is 2.44. The Hall–Kier alpha value is -1.82. The first-order valence-corrected chi connectivity index (χ1v) is 10.4. The molecule has 0 unspecified atom stereocenters. The summed E-state index contributed by atoms with van der Waals surface area (Å²) in [5.41, 5.74) is 1.16. The highest BCUT2D eigenvalue weighted by atomic mass is 16.5. The standard InChI is InChI=1S/C21H34N4O2/c1-22-21(25(2)12-8-17-9-13-26-14-10-17)24-16-18-7-11-23-20(15-18)27-19-5-3-4-6-19/h7,11,15,17,19H,3-6,8-10,12-14,16H2,1-2H3,(H,22,24). The molecule has 0 aromatic carbocycles. The van der Waals surface area contributed by atoms with Gasteiger partial charge in [-0.2, -0.15) is 0 Å². The fraction of sp³-hybridized carbons (Fsp3) is 0.714. The number of ether oxygens (including phenoxy) is 2. The molecule has 3 rings (SSSR count). The number of nitrogens with zero attached hydrogens (tertiary/aromatic N) is 3. The Labute approximate surface area is 163 Å². The zero-order chi connectivity index (χ0) is 18.9. The van der Waals surface area contributed by atoms with E-state index in [0.717, 1.165) is 62.5 Å². The zero-order valence-electron chi connectivity index (χ0n) is 16.8. The average Bonchev–Trinajstić information content (AvgIpc) is 3.21. The van der Waals surface area contributed by atoms with Gasteiger partial charge < -0.3 is 19.7 Å². The van der Waals surface area contributed by atoms with Gasteiger partial charge in [0.1, 0.15) is 6.10 Å². The van der Waals surface area contributed by atoms with Crippen molar-refractivity contribution >= 4 is 5.96 Å². The highest BCUT2D eigenvalue weighted by Gasteiger charge is 2.17. The van der Waals surface area contributed by atoms with Gasteiger partial charge in [0.05, 0.1) is 0 Å². The Bertz CT molecular complexity index is 596. The Morgan fingerprint density at radius 2 is 2.07 bits per heavy atom. The van der Waals surface area contributed by atoms with Crippen molar-refractivity contribution in [3.8, 4) is 5.88 Å². The molecule has 0 spiro atoms. The third kappa shape index (κ3) is 6.38. The highest BCUT2D eigenvalue weighted by Crippen LogP contribution is 2.23. The van der Waals surface area contributed by atoms with Crippen LogP contribution in [-0.4, -0.2) is 55.8 Å². The predicted octanol–water partition coefficient (Wildman–Crippen LogP) is 3.23. The van der Waals surface area contributed by atoms with Crippen LogP contribution in [0, 0.1) is 5.92 Å². The van der Waals surface area contributed by atoms with Crippen LogP contribution in [0.4, 0.5) is 0 Å². The van der Waals surface area contributed by atoms with Crippen LogP contribution in [0.2, 0.25) is 0 Å². The first-order valence-electron chi connectivity index (χ1n) is 10.4. The van der Waals surface area contributed by atoms with Gasteiger partial charge in [-0.15, -0.1) is 0 Å². The molecule has 1 saturated carbocycles. The van der Waals surface area contributed by atoms with Crippen molar-refractivity contribution in [2.24, 2.45) is 10.9 Å². The number of hydrogen-bond acceptors (Lipinski definition) is 4. The van der Waals surface area contributed by atoms with E-state index in [1.54, 1.807) is 0 Å². The molecular weight excluding hydrogens is 340 g/mol. The van der Waals surface area contributed by atoms with Gasteiger partial charge in [0.2, 0.25) is 5.88 Å². The minimum atomic E-state index is 0.338. The first kappa shape index (κ1) is 19.9. The van der Waals surface area contributed by atoms with E-state index in [1.807, 2.05) is 25.4 Å². The summed E-state index contributed by atoms with van der Waals surface area (Å²) in [6, 6.07) is 4.07. The lowest BCUT2D eigenvalue weighted by atomic mass is 9.96. The maximum Gasteiger partial charge on any atom is 0.213 e. The first-order chi connectivity index (χ1) is 13.2. The van der Waals surface area contributed by atoms with Crippen LogP contribution in [0.25, 0.3) is 0 Å². The molecule has 2 heterocycles. The van der Waals surface area contributed by atoms with Gasteiger partial charge in [-0.25, -0.2) is 4.98 Å². The lowest BCUT2D eigenvalue weighted by Gasteiger charge is -2.26. The molecule has 150 valence electrons. The van der Waals surface area contributed by atoms with Gasteiger partial charge in [-0.05, 0) is 62.5 Å². The number of pyridine rings is 1. The third-order valence-electron chi connectivity index (χ3n) is 5.63. The van der Waals surface area contributed by atoms with E-state index in [0.29, 0.717) is 6.10 Å². The summed E-state index contributed by atoms with van der Waals surface area (Å²) >= 11 is 0. The molecule has 6 heteroatoms. The SMILES string of the molecule is CN=C(NCc1ccnc(OC2CCCC2)c1)N(C)CCC1CCOCC1. The molecule has 6 nitrogen and oxygen atoms in total.